The third-order valence-corrected chi connectivity index (χ3v) is 18.2. The molecule has 2 unspecified atom stereocenters. The highest BCUT2D eigenvalue weighted by Crippen LogP contribution is 2.20. The smallest absolute Gasteiger partial charge is 0.190 e. The molecule has 0 aromatic heterocycles. The van der Waals surface area contributed by atoms with E-state index < -0.39 is 21.6 Å². The van der Waals surface area contributed by atoms with Crippen molar-refractivity contribution >= 4 is 138 Å². The van der Waals surface area contributed by atoms with E-state index in [1.165, 1.54) is 23.5 Å². The number of carbonyl (C=O) groups is 2. The number of rotatable bonds is 32. The minimum absolute atomic E-state index is 0.191. The van der Waals surface area contributed by atoms with Crippen molar-refractivity contribution in [1.29, 1.82) is 0 Å². The second kappa shape index (κ2) is 35.6. The van der Waals surface area contributed by atoms with Gasteiger partial charge in [-0.05, 0) is 24.3 Å². The molecule has 0 saturated heterocycles. The Bertz CT molecular complexity index is 676. The number of aliphatic hydroxyl groups excluding tert-OH is 2. The largest absolute Gasteiger partial charge is 0.396 e. The maximum Gasteiger partial charge on any atom is 0.190 e. The lowest BCUT2D eigenvalue weighted by Crippen LogP contribution is -2.07. The van der Waals surface area contributed by atoms with Gasteiger partial charge in [-0.1, -0.05) is 23.5 Å². The summed E-state index contributed by atoms with van der Waals surface area (Å²) in [5.74, 6) is 9.65. The first-order valence-electron chi connectivity index (χ1n) is 13.3. The molecule has 0 aromatic carbocycles. The predicted molar refractivity (Wildman–Crippen MR) is 205 cm³/mol. The molecule has 0 rings (SSSR count). The van der Waals surface area contributed by atoms with Gasteiger partial charge >= 0.3 is 0 Å². The lowest BCUT2D eigenvalue weighted by Gasteiger charge is -2.05. The molecule has 244 valence electrons. The SMILES string of the molecule is O=C(CCSCCCS(=O)CSCSCCO)SCCSCCS(=O)CCCSCCC(=O)SCSCSCCO. The Morgan fingerprint density at radius 1 is 0.488 bits per heavy atom. The fraction of sp³-hybridized carbons (Fsp3) is 0.917. The summed E-state index contributed by atoms with van der Waals surface area (Å²) >= 11 is 14.8. The minimum atomic E-state index is -0.802. The topological polar surface area (TPSA) is 109 Å². The van der Waals surface area contributed by atoms with Crippen LogP contribution in [0.3, 0.4) is 0 Å². The van der Waals surface area contributed by atoms with E-state index in [4.69, 9.17) is 10.2 Å². The first kappa shape index (κ1) is 43.7. The molecule has 0 aliphatic heterocycles. The molecule has 0 spiro atoms. The Balaban J connectivity index is 3.41. The highest BCUT2D eigenvalue weighted by atomic mass is 32.2. The molecule has 2 atom stereocenters. The van der Waals surface area contributed by atoms with Crippen molar-refractivity contribution in [3.05, 3.63) is 0 Å². The standard InChI is InChI=1S/C24H46O6S11/c25-5-11-34-19-36-21-39-24(28)4-10-31-7-1-16-40(29)18-15-33-13-14-38-23(27)3-9-32-8-2-17-41(30)22-37-20-35-12-6-26/h25-26H,1-22H2. The molecule has 41 heavy (non-hydrogen) atoms. The second-order valence-corrected chi connectivity index (χ2v) is 22.7. The van der Waals surface area contributed by atoms with Crippen molar-refractivity contribution in [2.24, 2.45) is 0 Å². The summed E-state index contributed by atoms with van der Waals surface area (Å²) < 4.78 is 24.1. The Morgan fingerprint density at radius 3 is 1.68 bits per heavy atom. The van der Waals surface area contributed by atoms with E-state index in [1.54, 1.807) is 82.3 Å². The number of thioether (sulfide) groups is 9. The summed E-state index contributed by atoms with van der Waals surface area (Å²) in [6.45, 7) is 0.393. The summed E-state index contributed by atoms with van der Waals surface area (Å²) in [5, 5.41) is 21.1. The van der Waals surface area contributed by atoms with E-state index in [2.05, 4.69) is 0 Å². The third-order valence-electron chi connectivity index (χ3n) is 4.49. The normalized spacial score (nSPS) is 12.9. The van der Waals surface area contributed by atoms with Gasteiger partial charge < -0.3 is 10.2 Å². The first-order chi connectivity index (χ1) is 20.0. The molecule has 0 saturated carbocycles. The third kappa shape index (κ3) is 35.4. The van der Waals surface area contributed by atoms with Crippen LogP contribution < -0.4 is 0 Å². The van der Waals surface area contributed by atoms with Crippen LogP contribution in [0.1, 0.15) is 25.7 Å². The quantitative estimate of drug-likeness (QED) is 0.0661. The minimum Gasteiger partial charge on any atom is -0.396 e. The maximum absolute atomic E-state index is 12.2. The fourth-order valence-electron chi connectivity index (χ4n) is 2.57. The second-order valence-electron chi connectivity index (χ2n) is 7.92. The van der Waals surface area contributed by atoms with Crippen LogP contribution in [0.5, 0.6) is 0 Å². The van der Waals surface area contributed by atoms with Gasteiger partial charge in [-0.3, -0.25) is 18.0 Å². The Labute approximate surface area is 291 Å². The lowest BCUT2D eigenvalue weighted by atomic mass is 10.5. The van der Waals surface area contributed by atoms with E-state index in [0.29, 0.717) is 35.2 Å². The molecule has 0 radical (unpaired) electrons. The van der Waals surface area contributed by atoms with E-state index in [9.17, 15) is 18.0 Å². The lowest BCUT2D eigenvalue weighted by molar-refractivity contribution is -0.111. The monoisotopic (exact) mass is 782 g/mol. The van der Waals surface area contributed by atoms with E-state index >= 15 is 0 Å². The van der Waals surface area contributed by atoms with Crippen LogP contribution in [0, 0.1) is 0 Å². The summed E-state index contributed by atoms with van der Waals surface area (Å²) in [5.41, 5.74) is 0. The van der Waals surface area contributed by atoms with Crippen LogP contribution in [-0.2, 0) is 31.2 Å². The molecule has 0 aliphatic rings. The van der Waals surface area contributed by atoms with Crippen LogP contribution in [0.2, 0.25) is 0 Å². The van der Waals surface area contributed by atoms with Crippen LogP contribution in [-0.4, -0.2) is 131 Å². The average Bonchev–Trinajstić information content (AvgIpc) is 2.96. The highest BCUT2D eigenvalue weighted by molar-refractivity contribution is 8.27. The highest BCUT2D eigenvalue weighted by Gasteiger charge is 2.06. The van der Waals surface area contributed by atoms with Crippen molar-refractivity contribution in [3.63, 3.8) is 0 Å². The van der Waals surface area contributed by atoms with Crippen molar-refractivity contribution in [2.75, 3.05) is 103 Å². The van der Waals surface area contributed by atoms with Gasteiger partial charge in [0.15, 0.2) is 10.2 Å². The van der Waals surface area contributed by atoms with Crippen LogP contribution in [0.15, 0.2) is 0 Å². The molecule has 0 heterocycles. The zero-order valence-corrected chi connectivity index (χ0v) is 32.6. The van der Waals surface area contributed by atoms with Crippen LogP contribution in [0.25, 0.3) is 0 Å². The van der Waals surface area contributed by atoms with Crippen LogP contribution in [0.4, 0.5) is 0 Å². The summed E-state index contributed by atoms with van der Waals surface area (Å²) in [6, 6.07) is 0. The van der Waals surface area contributed by atoms with E-state index in [-0.39, 0.29) is 23.4 Å². The first-order valence-corrected chi connectivity index (χ1v) is 26.3. The van der Waals surface area contributed by atoms with Crippen molar-refractivity contribution < 1.29 is 28.2 Å². The number of hydrogen-bond acceptors (Lipinski definition) is 15. The van der Waals surface area contributed by atoms with Gasteiger partial charge in [-0.15, -0.1) is 47.0 Å². The zero-order valence-electron chi connectivity index (χ0n) is 23.6. The zero-order chi connectivity index (χ0) is 30.2. The molecule has 0 amide bonds. The number of hydrogen-bond donors (Lipinski definition) is 2. The number of carbonyl (C=O) groups excluding carboxylic acids is 2. The fourth-order valence-corrected chi connectivity index (χ4v) is 15.0. The van der Waals surface area contributed by atoms with Crippen molar-refractivity contribution in [2.45, 2.75) is 25.7 Å². The van der Waals surface area contributed by atoms with Crippen molar-refractivity contribution in [3.8, 4) is 0 Å². The molecule has 0 aromatic rings. The molecule has 2 N–H and O–H groups in total. The van der Waals surface area contributed by atoms with Gasteiger partial charge in [0.1, 0.15) is 0 Å². The predicted octanol–water partition coefficient (Wildman–Crippen LogP) is 5.51. The van der Waals surface area contributed by atoms with Crippen molar-refractivity contribution in [1.82, 2.24) is 0 Å². The maximum atomic E-state index is 12.2. The van der Waals surface area contributed by atoms with E-state index in [0.717, 1.165) is 79.9 Å². The van der Waals surface area contributed by atoms with E-state index in [1.807, 2.05) is 0 Å². The van der Waals surface area contributed by atoms with Gasteiger partial charge in [0.05, 0.1) is 18.3 Å². The van der Waals surface area contributed by atoms with Gasteiger partial charge in [0, 0.05) is 107 Å². The summed E-state index contributed by atoms with van der Waals surface area (Å²) in [7, 11) is -1.60. The molecule has 0 fully saturated rings. The molecule has 0 aliphatic carbocycles. The Morgan fingerprint density at radius 2 is 1.05 bits per heavy atom. The Kier molecular flexibility index (Phi) is 37.9. The molecule has 0 bridgehead atoms. The van der Waals surface area contributed by atoms with Gasteiger partial charge in [-0.2, -0.15) is 35.3 Å². The van der Waals surface area contributed by atoms with Gasteiger partial charge in [-0.25, -0.2) is 0 Å². The van der Waals surface area contributed by atoms with Gasteiger partial charge in [0.25, 0.3) is 0 Å². The molecule has 17 heteroatoms. The molecule has 6 nitrogen and oxygen atoms in total. The molecular weight excluding hydrogens is 737 g/mol. The number of aliphatic hydroxyl groups is 2. The summed E-state index contributed by atoms with van der Waals surface area (Å²) in [4.78, 5) is 23.9. The van der Waals surface area contributed by atoms with Gasteiger partial charge in [0.2, 0.25) is 0 Å². The Hall–Kier alpha value is 2.71. The van der Waals surface area contributed by atoms with Crippen LogP contribution >= 0.6 is 106 Å². The summed E-state index contributed by atoms with van der Waals surface area (Å²) in [6.07, 6.45) is 2.97. The molecular formula is C24H46O6S11. The average molecular weight is 783 g/mol.